The molecule has 4 heteroatoms. The van der Waals surface area contributed by atoms with Crippen molar-refractivity contribution in [2.45, 2.75) is 96.8 Å². The molecule has 0 aromatic heterocycles. The van der Waals surface area contributed by atoms with E-state index >= 15 is 0 Å². The molecular formula is C18H33NaO3. The largest absolute Gasteiger partial charge is 1.00 e. The van der Waals surface area contributed by atoms with Gasteiger partial charge in [-0.25, -0.2) is 0 Å². The van der Waals surface area contributed by atoms with Crippen molar-refractivity contribution < 1.29 is 44.6 Å². The molecule has 0 amide bonds. The topological polar surface area (TPSA) is 60.4 Å². The van der Waals surface area contributed by atoms with Crippen LogP contribution in [0.4, 0.5) is 0 Å². The van der Waals surface area contributed by atoms with Gasteiger partial charge in [0.1, 0.15) is 0 Å². The van der Waals surface area contributed by atoms with Crippen molar-refractivity contribution in [3.8, 4) is 0 Å². The van der Waals surface area contributed by atoms with Crippen LogP contribution in [-0.2, 0) is 4.79 Å². The van der Waals surface area contributed by atoms with Gasteiger partial charge in [-0.15, -0.1) is 5.76 Å². The number of hydrogen-bond donors (Lipinski definition) is 1. The second kappa shape index (κ2) is 19.1. The summed E-state index contributed by atoms with van der Waals surface area (Å²) >= 11 is 0. The Bertz CT molecular complexity index is 278. The third-order valence-corrected chi connectivity index (χ3v) is 3.74. The van der Waals surface area contributed by atoms with Crippen molar-refractivity contribution in [1.29, 1.82) is 0 Å². The van der Waals surface area contributed by atoms with Crippen LogP contribution in [0.5, 0.6) is 0 Å². The first kappa shape index (κ1) is 24.3. The molecule has 0 saturated heterocycles. The summed E-state index contributed by atoms with van der Waals surface area (Å²) in [6.07, 6.45) is 16.1. The Morgan fingerprint density at radius 2 is 1.36 bits per heavy atom. The first-order chi connectivity index (χ1) is 10.2. The summed E-state index contributed by atoms with van der Waals surface area (Å²) < 4.78 is 0. The van der Waals surface area contributed by atoms with E-state index in [0.717, 1.165) is 44.9 Å². The maximum Gasteiger partial charge on any atom is 1.00 e. The average molecular weight is 320 g/mol. The molecule has 0 radical (unpaired) electrons. The zero-order valence-electron chi connectivity index (χ0n) is 14.7. The molecule has 0 aliphatic carbocycles. The fraction of sp³-hybridized carbons (Fsp3) is 0.833. The van der Waals surface area contributed by atoms with Crippen molar-refractivity contribution in [1.82, 2.24) is 0 Å². The smallest absolute Gasteiger partial charge is 0.876 e. The Balaban J connectivity index is 0. The Kier molecular flexibility index (Phi) is 21.0. The fourth-order valence-electron chi connectivity index (χ4n) is 2.40. The number of carboxylic acids is 1. The maximum absolute atomic E-state index is 11.6. The molecule has 0 heterocycles. The Morgan fingerprint density at radius 1 is 0.864 bits per heavy atom. The second-order valence-corrected chi connectivity index (χ2v) is 5.89. The maximum atomic E-state index is 11.6. The minimum absolute atomic E-state index is 0. The normalized spacial score (nSPS) is 11.2. The predicted molar refractivity (Wildman–Crippen MR) is 86.0 cm³/mol. The molecule has 0 spiro atoms. The Labute approximate surface area is 158 Å². The molecule has 0 aromatic carbocycles. The van der Waals surface area contributed by atoms with Crippen molar-refractivity contribution >= 4 is 5.97 Å². The van der Waals surface area contributed by atoms with Gasteiger partial charge in [-0.2, -0.15) is 0 Å². The van der Waals surface area contributed by atoms with Crippen LogP contribution in [0.1, 0.15) is 96.8 Å². The van der Waals surface area contributed by atoms with Gasteiger partial charge in [-0.05, 0) is 25.7 Å². The van der Waals surface area contributed by atoms with Crippen LogP contribution in [-0.4, -0.2) is 11.1 Å². The molecule has 0 unspecified atom stereocenters. The van der Waals surface area contributed by atoms with Gasteiger partial charge < -0.3 is 10.2 Å². The van der Waals surface area contributed by atoms with E-state index in [9.17, 15) is 9.90 Å². The molecule has 124 valence electrons. The number of unbranched alkanes of at least 4 members (excludes halogenated alkanes) is 10. The second-order valence-electron chi connectivity index (χ2n) is 5.89. The number of hydrogen-bond acceptors (Lipinski definition) is 2. The zero-order chi connectivity index (χ0) is 15.8. The predicted octanol–water partition coefficient (Wildman–Crippen LogP) is 1.80. The molecule has 22 heavy (non-hydrogen) atoms. The molecule has 0 aromatic rings. The molecule has 0 aliphatic rings. The number of rotatable bonds is 15. The third-order valence-electron chi connectivity index (χ3n) is 3.74. The minimum atomic E-state index is -0.713. The molecule has 0 saturated carbocycles. The summed E-state index contributed by atoms with van der Waals surface area (Å²) in [4.78, 5) is 10.3. The summed E-state index contributed by atoms with van der Waals surface area (Å²) in [5.41, 5.74) is 0. The monoisotopic (exact) mass is 320 g/mol. The van der Waals surface area contributed by atoms with Gasteiger partial charge in [0.2, 0.25) is 0 Å². The summed E-state index contributed by atoms with van der Waals surface area (Å²) in [5, 5.41) is 20.1. The molecule has 0 bridgehead atoms. The van der Waals surface area contributed by atoms with Crippen LogP contribution in [0.15, 0.2) is 11.8 Å². The van der Waals surface area contributed by atoms with E-state index in [2.05, 4.69) is 6.92 Å². The van der Waals surface area contributed by atoms with Crippen LogP contribution >= 0.6 is 0 Å². The number of carbonyl (C=O) groups is 1. The minimum Gasteiger partial charge on any atom is -0.876 e. The Hall–Kier alpha value is 0.0100. The van der Waals surface area contributed by atoms with Gasteiger partial charge in [0, 0.05) is 6.42 Å². The fourth-order valence-corrected chi connectivity index (χ4v) is 2.40. The van der Waals surface area contributed by atoms with Crippen molar-refractivity contribution in [3.63, 3.8) is 0 Å². The zero-order valence-corrected chi connectivity index (χ0v) is 16.7. The van der Waals surface area contributed by atoms with E-state index in [-0.39, 0.29) is 41.7 Å². The van der Waals surface area contributed by atoms with Crippen LogP contribution in [0.3, 0.4) is 0 Å². The van der Waals surface area contributed by atoms with Gasteiger partial charge in [-0.3, -0.25) is 4.79 Å². The van der Waals surface area contributed by atoms with E-state index in [1.807, 2.05) is 6.08 Å². The Morgan fingerprint density at radius 3 is 1.95 bits per heavy atom. The van der Waals surface area contributed by atoms with E-state index < -0.39 is 5.97 Å². The molecule has 0 rings (SSSR count). The SMILES string of the molecule is CCCCCCCC/C=C(/[O-])CCCCCCCC(=O)O.[Na+]. The van der Waals surface area contributed by atoms with E-state index in [0.29, 0.717) is 6.42 Å². The van der Waals surface area contributed by atoms with Crippen LogP contribution in [0, 0.1) is 0 Å². The van der Waals surface area contributed by atoms with Crippen molar-refractivity contribution in [3.05, 3.63) is 11.8 Å². The van der Waals surface area contributed by atoms with Crippen LogP contribution < -0.4 is 34.7 Å². The molecular weight excluding hydrogens is 287 g/mol. The molecule has 0 atom stereocenters. The third kappa shape index (κ3) is 20.0. The summed E-state index contributed by atoms with van der Waals surface area (Å²) in [6, 6.07) is 0. The van der Waals surface area contributed by atoms with E-state index in [4.69, 9.17) is 5.11 Å². The van der Waals surface area contributed by atoms with Crippen molar-refractivity contribution in [2.24, 2.45) is 0 Å². The average Bonchev–Trinajstić information content (AvgIpc) is 2.45. The first-order valence-electron chi connectivity index (χ1n) is 8.74. The van der Waals surface area contributed by atoms with Crippen LogP contribution in [0.25, 0.3) is 0 Å². The molecule has 0 aliphatic heterocycles. The molecule has 1 N–H and O–H groups in total. The van der Waals surface area contributed by atoms with E-state index in [1.54, 1.807) is 0 Å². The van der Waals surface area contributed by atoms with Gasteiger partial charge in [0.05, 0.1) is 0 Å². The first-order valence-corrected chi connectivity index (χ1v) is 8.74. The number of aliphatic carboxylic acids is 1. The summed E-state index contributed by atoms with van der Waals surface area (Å²) in [6.45, 7) is 2.22. The standard InChI is InChI=1S/C18H34O3.Na/c1-2-3-4-5-6-8-11-14-17(19)15-12-9-7-10-13-16-18(20)21;/h14,19H,2-13,15-16H2,1H3,(H,20,21);/q;+1/p-1/b17-14+;. The van der Waals surface area contributed by atoms with Gasteiger partial charge in [0.25, 0.3) is 0 Å². The number of carboxylic acid groups (broad SMARTS) is 1. The van der Waals surface area contributed by atoms with Gasteiger partial charge in [-0.1, -0.05) is 70.8 Å². The van der Waals surface area contributed by atoms with Crippen molar-refractivity contribution in [2.75, 3.05) is 0 Å². The quantitative estimate of drug-likeness (QED) is 0.284. The summed E-state index contributed by atoms with van der Waals surface area (Å²) in [5.74, 6) is -0.427. The molecule has 3 nitrogen and oxygen atoms in total. The van der Waals surface area contributed by atoms with Gasteiger partial charge in [0.15, 0.2) is 0 Å². The van der Waals surface area contributed by atoms with Crippen LogP contribution in [0.2, 0.25) is 0 Å². The summed E-state index contributed by atoms with van der Waals surface area (Å²) in [7, 11) is 0. The van der Waals surface area contributed by atoms with Gasteiger partial charge >= 0.3 is 35.5 Å². The molecule has 0 fully saturated rings. The number of allylic oxidation sites excluding steroid dienone is 2. The van der Waals surface area contributed by atoms with E-state index in [1.165, 1.54) is 32.1 Å².